The summed E-state index contributed by atoms with van der Waals surface area (Å²) >= 11 is 0. The van der Waals surface area contributed by atoms with E-state index in [0.29, 0.717) is 38.9 Å². The molecule has 0 aliphatic rings. The van der Waals surface area contributed by atoms with Gasteiger partial charge in [-0.2, -0.15) is 5.10 Å². The summed E-state index contributed by atoms with van der Waals surface area (Å²) in [5.41, 5.74) is 4.39. The SMILES string of the molecule is Cc1ccncc1-c1ncc2[nH]nc(-c3nc4c(-c5cc(F)cc(CNS(C)(=O)=O)c5)ccnc4[nH]3)c2c1F. The van der Waals surface area contributed by atoms with Crippen LogP contribution in [0.1, 0.15) is 11.1 Å². The average Bonchev–Trinajstić information content (AvgIpc) is 3.52. The maximum absolute atomic E-state index is 15.9. The van der Waals surface area contributed by atoms with E-state index in [0.717, 1.165) is 11.8 Å². The van der Waals surface area contributed by atoms with Gasteiger partial charge >= 0.3 is 0 Å². The lowest BCUT2D eigenvalue weighted by atomic mass is 10.0. The van der Waals surface area contributed by atoms with E-state index in [2.05, 4.69) is 39.8 Å². The van der Waals surface area contributed by atoms with Gasteiger partial charge in [0.2, 0.25) is 10.0 Å². The largest absolute Gasteiger partial charge is 0.321 e. The maximum Gasteiger partial charge on any atom is 0.209 e. The van der Waals surface area contributed by atoms with Gasteiger partial charge in [-0.25, -0.2) is 31.9 Å². The molecule has 5 heterocycles. The van der Waals surface area contributed by atoms with Crippen LogP contribution in [0, 0.1) is 18.6 Å². The predicted molar refractivity (Wildman–Crippen MR) is 142 cm³/mol. The van der Waals surface area contributed by atoms with Crippen molar-refractivity contribution >= 4 is 32.1 Å². The van der Waals surface area contributed by atoms with E-state index in [1.165, 1.54) is 24.5 Å². The lowest BCUT2D eigenvalue weighted by molar-refractivity contribution is 0.586. The molecule has 0 saturated carbocycles. The van der Waals surface area contributed by atoms with Crippen LogP contribution in [0.3, 0.4) is 0 Å². The number of rotatable bonds is 6. The van der Waals surface area contributed by atoms with E-state index in [4.69, 9.17) is 0 Å². The Hall–Kier alpha value is -4.62. The molecule has 5 aromatic heterocycles. The van der Waals surface area contributed by atoms with E-state index in [9.17, 15) is 12.8 Å². The molecule has 6 aromatic rings. The van der Waals surface area contributed by atoms with Crippen molar-refractivity contribution in [3.63, 3.8) is 0 Å². The Kier molecular flexibility index (Phi) is 5.88. The van der Waals surface area contributed by atoms with Gasteiger partial charge in [0.25, 0.3) is 0 Å². The normalized spacial score (nSPS) is 12.0. The molecule has 0 atom stereocenters. The number of nitrogens with zero attached hydrogens (tertiary/aromatic N) is 5. The second-order valence-electron chi connectivity index (χ2n) is 9.05. The summed E-state index contributed by atoms with van der Waals surface area (Å²) in [7, 11) is -3.46. The molecule has 6 rings (SSSR count). The Morgan fingerprint density at radius 3 is 2.64 bits per heavy atom. The monoisotopic (exact) mass is 546 g/mol. The van der Waals surface area contributed by atoms with Crippen molar-refractivity contribution in [1.82, 2.24) is 39.8 Å². The van der Waals surface area contributed by atoms with Gasteiger partial charge < -0.3 is 4.98 Å². The highest BCUT2D eigenvalue weighted by Crippen LogP contribution is 2.34. The third kappa shape index (κ3) is 4.62. The lowest BCUT2D eigenvalue weighted by Gasteiger charge is -2.08. The van der Waals surface area contributed by atoms with Crippen LogP contribution in [0.2, 0.25) is 0 Å². The van der Waals surface area contributed by atoms with Crippen molar-refractivity contribution in [2.24, 2.45) is 0 Å². The summed E-state index contributed by atoms with van der Waals surface area (Å²) in [5.74, 6) is -0.857. The Bertz CT molecular complexity index is 2000. The zero-order valence-corrected chi connectivity index (χ0v) is 21.4. The fourth-order valence-corrected chi connectivity index (χ4v) is 4.85. The molecule has 196 valence electrons. The number of nitrogens with one attached hydrogen (secondary N) is 3. The Labute approximate surface area is 220 Å². The molecule has 10 nitrogen and oxygen atoms in total. The standard InChI is InChI=1S/C26H20F2N8O2S/c1-13-3-5-29-11-18(13)22-21(28)20-19(12-31-22)35-36-24(20)26-33-23-17(4-6-30-25(23)34-26)15-7-14(8-16(27)9-15)10-32-39(2,37)38/h3-9,11-12,32H,10H2,1-2H3,(H,35,36)(H,30,33,34). The van der Waals surface area contributed by atoms with Crippen molar-refractivity contribution in [2.75, 3.05) is 6.26 Å². The minimum absolute atomic E-state index is 0.0745. The molecule has 0 spiro atoms. The van der Waals surface area contributed by atoms with E-state index in [-0.39, 0.29) is 29.1 Å². The van der Waals surface area contributed by atoms with E-state index < -0.39 is 21.7 Å². The van der Waals surface area contributed by atoms with Crippen molar-refractivity contribution in [3.8, 4) is 33.9 Å². The first-order chi connectivity index (χ1) is 18.7. The molecule has 0 aliphatic carbocycles. The third-order valence-corrected chi connectivity index (χ3v) is 6.92. The van der Waals surface area contributed by atoms with E-state index in [1.807, 2.05) is 6.92 Å². The molecular formula is C26H20F2N8O2S. The number of pyridine rings is 3. The Morgan fingerprint density at radius 2 is 1.85 bits per heavy atom. The number of benzene rings is 1. The number of aryl methyl sites for hydroxylation is 1. The summed E-state index contributed by atoms with van der Waals surface area (Å²) in [6.07, 6.45) is 7.25. The highest BCUT2D eigenvalue weighted by atomic mass is 32.2. The number of fused-ring (bicyclic) bond motifs is 2. The fraction of sp³-hybridized carbons (Fsp3) is 0.115. The molecule has 0 radical (unpaired) electrons. The van der Waals surface area contributed by atoms with Gasteiger partial charge in [0, 0.05) is 36.3 Å². The minimum Gasteiger partial charge on any atom is -0.321 e. The van der Waals surface area contributed by atoms with Crippen molar-refractivity contribution in [1.29, 1.82) is 0 Å². The molecule has 0 unspecified atom stereocenters. The van der Waals surface area contributed by atoms with Crippen LogP contribution < -0.4 is 4.72 Å². The minimum atomic E-state index is -3.46. The van der Waals surface area contributed by atoms with Crippen molar-refractivity contribution in [2.45, 2.75) is 13.5 Å². The van der Waals surface area contributed by atoms with Gasteiger partial charge in [0.05, 0.1) is 23.4 Å². The van der Waals surface area contributed by atoms with Gasteiger partial charge in [-0.3, -0.25) is 15.1 Å². The van der Waals surface area contributed by atoms with Gasteiger partial charge in [-0.05, 0) is 53.9 Å². The number of hydrogen-bond donors (Lipinski definition) is 3. The lowest BCUT2D eigenvalue weighted by Crippen LogP contribution is -2.21. The Balaban J connectivity index is 1.47. The number of aromatic amines is 2. The van der Waals surface area contributed by atoms with Crippen LogP contribution in [-0.4, -0.2) is 49.8 Å². The zero-order chi connectivity index (χ0) is 27.3. The van der Waals surface area contributed by atoms with Crippen LogP contribution >= 0.6 is 0 Å². The first kappa shape index (κ1) is 24.7. The number of H-pyrrole nitrogens is 2. The number of sulfonamides is 1. The smallest absolute Gasteiger partial charge is 0.209 e. The zero-order valence-electron chi connectivity index (χ0n) is 20.6. The highest BCUT2D eigenvalue weighted by molar-refractivity contribution is 7.88. The molecule has 0 aliphatic heterocycles. The third-order valence-electron chi connectivity index (χ3n) is 6.25. The van der Waals surface area contributed by atoms with Gasteiger partial charge in [0.1, 0.15) is 22.7 Å². The second-order valence-corrected chi connectivity index (χ2v) is 10.9. The molecule has 13 heteroatoms. The number of halogens is 2. The molecule has 1 aromatic carbocycles. The summed E-state index contributed by atoms with van der Waals surface area (Å²) in [4.78, 5) is 20.4. The summed E-state index contributed by atoms with van der Waals surface area (Å²) < 4.78 is 55.7. The van der Waals surface area contributed by atoms with Crippen molar-refractivity contribution in [3.05, 3.63) is 77.9 Å². The Morgan fingerprint density at radius 1 is 1.00 bits per heavy atom. The number of hydrogen-bond acceptors (Lipinski definition) is 7. The van der Waals surface area contributed by atoms with Gasteiger partial charge in [-0.15, -0.1) is 0 Å². The maximum atomic E-state index is 15.9. The summed E-state index contributed by atoms with van der Waals surface area (Å²) in [6.45, 7) is 1.77. The highest BCUT2D eigenvalue weighted by Gasteiger charge is 2.22. The first-order valence-corrected chi connectivity index (χ1v) is 13.6. The average molecular weight is 547 g/mol. The molecular weight excluding hydrogens is 526 g/mol. The van der Waals surface area contributed by atoms with Crippen molar-refractivity contribution < 1.29 is 17.2 Å². The summed E-state index contributed by atoms with van der Waals surface area (Å²) in [5, 5.41) is 7.29. The molecule has 0 bridgehead atoms. The number of aromatic nitrogens is 7. The first-order valence-electron chi connectivity index (χ1n) is 11.7. The second kappa shape index (κ2) is 9.29. The van der Waals surface area contributed by atoms with Crippen LogP contribution in [-0.2, 0) is 16.6 Å². The molecule has 0 fully saturated rings. The van der Waals surface area contributed by atoms with Crippen LogP contribution in [0.5, 0.6) is 0 Å². The van der Waals surface area contributed by atoms with Crippen LogP contribution in [0.4, 0.5) is 8.78 Å². The summed E-state index contributed by atoms with van der Waals surface area (Å²) in [6, 6.07) is 7.70. The van der Waals surface area contributed by atoms with Gasteiger partial charge in [-0.1, -0.05) is 0 Å². The molecule has 3 N–H and O–H groups in total. The predicted octanol–water partition coefficient (Wildman–Crippen LogP) is 4.26. The van der Waals surface area contributed by atoms with Crippen LogP contribution in [0.25, 0.3) is 56.0 Å². The molecule has 39 heavy (non-hydrogen) atoms. The molecule has 0 amide bonds. The van der Waals surface area contributed by atoms with Gasteiger partial charge in [0.15, 0.2) is 17.3 Å². The topological polar surface area (TPSA) is 142 Å². The molecule has 0 saturated heterocycles. The van der Waals surface area contributed by atoms with E-state index in [1.54, 1.807) is 30.6 Å². The number of imidazole rings is 1. The quantitative estimate of drug-likeness (QED) is 0.283. The van der Waals surface area contributed by atoms with E-state index >= 15 is 4.39 Å². The fourth-order valence-electron chi connectivity index (χ4n) is 4.42. The van der Waals surface area contributed by atoms with Crippen LogP contribution in [0.15, 0.2) is 55.1 Å².